The molecular formula is C11H10ClNO3. The summed E-state index contributed by atoms with van der Waals surface area (Å²) in [4.78, 5) is 12.2. The summed E-state index contributed by atoms with van der Waals surface area (Å²) in [7, 11) is 0. The maximum atomic E-state index is 12.2. The molecule has 3 rings (SSSR count). The van der Waals surface area contributed by atoms with Crippen LogP contribution in [-0.2, 0) is 9.47 Å². The molecule has 1 unspecified atom stereocenters. The van der Waals surface area contributed by atoms with Crippen LogP contribution in [0.15, 0.2) is 18.2 Å². The molecule has 0 aromatic heterocycles. The molecule has 1 fully saturated rings. The van der Waals surface area contributed by atoms with Crippen molar-refractivity contribution in [3.8, 4) is 0 Å². The van der Waals surface area contributed by atoms with Gasteiger partial charge in [-0.1, -0.05) is 11.6 Å². The molecule has 84 valence electrons. The summed E-state index contributed by atoms with van der Waals surface area (Å²) in [5.74, 6) is -0.0844. The van der Waals surface area contributed by atoms with Crippen LogP contribution in [0.5, 0.6) is 0 Å². The average Bonchev–Trinajstić information content (AvgIpc) is 2.53. The van der Waals surface area contributed by atoms with Crippen molar-refractivity contribution in [2.45, 2.75) is 5.72 Å². The standard InChI is InChI=1S/C11H10ClNO3/c12-7-1-2-8-9(5-7)13-11(10(8)14)6-15-3-4-16-11/h1-2,5,13H,3-4,6H2. The van der Waals surface area contributed by atoms with Crippen LogP contribution >= 0.6 is 11.6 Å². The fraction of sp³-hybridized carbons (Fsp3) is 0.364. The summed E-state index contributed by atoms with van der Waals surface area (Å²) < 4.78 is 10.8. The summed E-state index contributed by atoms with van der Waals surface area (Å²) in [6, 6.07) is 5.13. The molecule has 1 atom stereocenters. The smallest absolute Gasteiger partial charge is 0.227 e. The number of anilines is 1. The second-order valence-electron chi connectivity index (χ2n) is 3.87. The third-order valence-corrected chi connectivity index (χ3v) is 3.05. The van der Waals surface area contributed by atoms with Gasteiger partial charge in [-0.3, -0.25) is 4.79 Å². The Balaban J connectivity index is 2.02. The van der Waals surface area contributed by atoms with Gasteiger partial charge in [0.2, 0.25) is 11.5 Å². The second kappa shape index (κ2) is 3.45. The van der Waals surface area contributed by atoms with E-state index in [2.05, 4.69) is 5.32 Å². The van der Waals surface area contributed by atoms with Crippen molar-refractivity contribution in [1.29, 1.82) is 0 Å². The van der Waals surface area contributed by atoms with Crippen LogP contribution in [0, 0.1) is 0 Å². The first-order valence-electron chi connectivity index (χ1n) is 5.05. The number of Topliss-reactive ketones (excluding diaryl/α,β-unsaturated/α-hetero) is 1. The average molecular weight is 240 g/mol. The number of hydrogen-bond donors (Lipinski definition) is 1. The Kier molecular flexibility index (Phi) is 2.17. The third kappa shape index (κ3) is 1.34. The van der Waals surface area contributed by atoms with E-state index >= 15 is 0 Å². The van der Waals surface area contributed by atoms with Gasteiger partial charge in [0, 0.05) is 16.3 Å². The first kappa shape index (κ1) is 10.1. The van der Waals surface area contributed by atoms with Crippen LogP contribution in [0.2, 0.25) is 5.02 Å². The predicted molar refractivity (Wildman–Crippen MR) is 58.9 cm³/mol. The molecule has 1 aromatic rings. The summed E-state index contributed by atoms with van der Waals surface area (Å²) in [6.45, 7) is 1.17. The van der Waals surface area contributed by atoms with Crippen molar-refractivity contribution < 1.29 is 14.3 Å². The summed E-state index contributed by atoms with van der Waals surface area (Å²) in [5.41, 5.74) is 0.281. The molecule has 2 aliphatic heterocycles. The quantitative estimate of drug-likeness (QED) is 0.749. The number of nitrogens with one attached hydrogen (secondary N) is 1. The molecule has 4 nitrogen and oxygen atoms in total. The van der Waals surface area contributed by atoms with E-state index in [1.54, 1.807) is 18.2 Å². The summed E-state index contributed by atoms with van der Waals surface area (Å²) >= 11 is 5.88. The number of rotatable bonds is 0. The van der Waals surface area contributed by atoms with Crippen LogP contribution in [-0.4, -0.2) is 31.3 Å². The van der Waals surface area contributed by atoms with E-state index in [4.69, 9.17) is 21.1 Å². The lowest BCUT2D eigenvalue weighted by Gasteiger charge is -2.32. The molecule has 5 heteroatoms. The normalized spacial score (nSPS) is 27.9. The molecule has 0 radical (unpaired) electrons. The van der Waals surface area contributed by atoms with Crippen molar-refractivity contribution >= 4 is 23.1 Å². The largest absolute Gasteiger partial charge is 0.374 e. The van der Waals surface area contributed by atoms with E-state index in [9.17, 15) is 4.79 Å². The van der Waals surface area contributed by atoms with Crippen LogP contribution in [0.3, 0.4) is 0 Å². The van der Waals surface area contributed by atoms with Gasteiger partial charge in [-0.05, 0) is 18.2 Å². The molecular weight excluding hydrogens is 230 g/mol. The zero-order chi connectivity index (χ0) is 11.2. The van der Waals surface area contributed by atoms with Gasteiger partial charge in [0.15, 0.2) is 0 Å². The van der Waals surface area contributed by atoms with Gasteiger partial charge in [0.05, 0.1) is 13.2 Å². The topological polar surface area (TPSA) is 47.6 Å². The fourth-order valence-corrected chi connectivity index (χ4v) is 2.22. The zero-order valence-electron chi connectivity index (χ0n) is 8.46. The van der Waals surface area contributed by atoms with Crippen molar-refractivity contribution in [2.75, 3.05) is 25.1 Å². The molecule has 1 saturated heterocycles. The molecule has 2 heterocycles. The fourth-order valence-electron chi connectivity index (χ4n) is 2.05. The van der Waals surface area contributed by atoms with E-state index in [0.717, 1.165) is 0 Å². The van der Waals surface area contributed by atoms with Crippen molar-refractivity contribution in [1.82, 2.24) is 0 Å². The predicted octanol–water partition coefficient (Wildman–Crippen LogP) is 1.69. The Morgan fingerprint density at radius 1 is 1.38 bits per heavy atom. The van der Waals surface area contributed by atoms with Crippen LogP contribution < -0.4 is 5.32 Å². The molecule has 16 heavy (non-hydrogen) atoms. The molecule has 2 aliphatic rings. The third-order valence-electron chi connectivity index (χ3n) is 2.81. The second-order valence-corrected chi connectivity index (χ2v) is 4.31. The van der Waals surface area contributed by atoms with E-state index in [1.807, 2.05) is 0 Å². The highest BCUT2D eigenvalue weighted by Crippen LogP contribution is 2.36. The minimum atomic E-state index is -1.04. The minimum Gasteiger partial charge on any atom is -0.374 e. The van der Waals surface area contributed by atoms with E-state index < -0.39 is 5.72 Å². The van der Waals surface area contributed by atoms with Crippen molar-refractivity contribution in [2.24, 2.45) is 0 Å². The lowest BCUT2D eigenvalue weighted by atomic mass is 10.1. The zero-order valence-corrected chi connectivity index (χ0v) is 9.21. The van der Waals surface area contributed by atoms with E-state index in [0.29, 0.717) is 29.5 Å². The Morgan fingerprint density at radius 2 is 2.25 bits per heavy atom. The Bertz CT molecular complexity index is 455. The molecule has 1 aromatic carbocycles. The van der Waals surface area contributed by atoms with Gasteiger partial charge < -0.3 is 14.8 Å². The lowest BCUT2D eigenvalue weighted by Crippen LogP contribution is -2.52. The molecule has 0 saturated carbocycles. The maximum absolute atomic E-state index is 12.2. The Morgan fingerprint density at radius 3 is 3.00 bits per heavy atom. The van der Waals surface area contributed by atoms with Gasteiger partial charge in [-0.25, -0.2) is 0 Å². The highest BCUT2D eigenvalue weighted by Gasteiger charge is 2.48. The van der Waals surface area contributed by atoms with Crippen LogP contribution in [0.25, 0.3) is 0 Å². The first-order chi connectivity index (χ1) is 7.71. The van der Waals surface area contributed by atoms with Gasteiger partial charge in [-0.2, -0.15) is 0 Å². The van der Waals surface area contributed by atoms with Crippen LogP contribution in [0.1, 0.15) is 10.4 Å². The molecule has 0 bridgehead atoms. The van der Waals surface area contributed by atoms with E-state index in [1.165, 1.54) is 0 Å². The first-order valence-corrected chi connectivity index (χ1v) is 5.43. The van der Waals surface area contributed by atoms with Gasteiger partial charge in [0.1, 0.15) is 6.61 Å². The number of halogens is 1. The SMILES string of the molecule is O=C1c2ccc(Cl)cc2NC12COCCO2. The lowest BCUT2D eigenvalue weighted by molar-refractivity contribution is -0.117. The maximum Gasteiger partial charge on any atom is 0.227 e. The number of hydrogen-bond acceptors (Lipinski definition) is 4. The number of fused-ring (bicyclic) bond motifs is 1. The number of ketones is 1. The van der Waals surface area contributed by atoms with Gasteiger partial charge in [0.25, 0.3) is 0 Å². The van der Waals surface area contributed by atoms with Gasteiger partial charge >= 0.3 is 0 Å². The van der Waals surface area contributed by atoms with E-state index in [-0.39, 0.29) is 12.4 Å². The monoisotopic (exact) mass is 239 g/mol. The number of carbonyl (C=O) groups is 1. The van der Waals surface area contributed by atoms with Crippen LogP contribution in [0.4, 0.5) is 5.69 Å². The highest BCUT2D eigenvalue weighted by molar-refractivity contribution is 6.31. The molecule has 0 aliphatic carbocycles. The molecule has 1 N–H and O–H groups in total. The number of ether oxygens (including phenoxy) is 2. The minimum absolute atomic E-state index is 0.0844. The Hall–Kier alpha value is -1.10. The number of carbonyl (C=O) groups excluding carboxylic acids is 1. The summed E-state index contributed by atoms with van der Waals surface area (Å²) in [5, 5.41) is 3.65. The number of benzene rings is 1. The Labute approximate surface area is 97.5 Å². The van der Waals surface area contributed by atoms with Crippen molar-refractivity contribution in [3.63, 3.8) is 0 Å². The highest BCUT2D eigenvalue weighted by atomic mass is 35.5. The summed E-state index contributed by atoms with van der Waals surface area (Å²) in [6.07, 6.45) is 0. The van der Waals surface area contributed by atoms with Crippen molar-refractivity contribution in [3.05, 3.63) is 28.8 Å². The molecule has 0 amide bonds. The molecule has 1 spiro atoms. The van der Waals surface area contributed by atoms with Gasteiger partial charge in [-0.15, -0.1) is 0 Å².